The van der Waals surface area contributed by atoms with E-state index < -0.39 is 11.7 Å². The molecule has 3 rings (SSSR count). The van der Waals surface area contributed by atoms with Crippen LogP contribution < -0.4 is 10.2 Å². The molecule has 23 heavy (non-hydrogen) atoms. The number of carbonyl (C=O) groups excluding carboxylic acids is 1. The molecule has 1 aliphatic heterocycles. The molecule has 0 aliphatic carbocycles. The number of hydrogen-bond donors (Lipinski definition) is 1. The van der Waals surface area contributed by atoms with Gasteiger partial charge in [0.25, 0.3) is 0 Å². The molecule has 2 aromatic carbocycles. The summed E-state index contributed by atoms with van der Waals surface area (Å²) < 4.78 is 38.0. The fraction of sp³-hybridized carbons (Fsp3) is 0.235. The smallest absolute Gasteiger partial charge is 0.362 e. The Kier molecular flexibility index (Phi) is 3.98. The largest absolute Gasteiger partial charge is 0.416 e. The van der Waals surface area contributed by atoms with E-state index in [9.17, 15) is 18.0 Å². The van der Waals surface area contributed by atoms with Crippen LogP contribution in [0.5, 0.6) is 0 Å². The molecule has 6 heteroatoms. The monoisotopic (exact) mass is 320 g/mol. The van der Waals surface area contributed by atoms with Crippen LogP contribution in [0, 0.1) is 0 Å². The van der Waals surface area contributed by atoms with Gasteiger partial charge >= 0.3 is 6.18 Å². The van der Waals surface area contributed by atoms with Gasteiger partial charge in [0.15, 0.2) is 0 Å². The van der Waals surface area contributed by atoms with Crippen LogP contribution in [-0.2, 0) is 17.4 Å². The molecule has 0 saturated carbocycles. The lowest BCUT2D eigenvalue weighted by Crippen LogP contribution is -2.31. The molecule has 0 saturated heterocycles. The number of amides is 1. The molecule has 0 aromatic heterocycles. The molecular formula is C17H15F3N2O. The molecule has 0 radical (unpaired) electrons. The lowest BCUT2D eigenvalue weighted by atomic mass is 10.2. The van der Waals surface area contributed by atoms with Crippen LogP contribution in [0.25, 0.3) is 0 Å². The molecule has 0 fully saturated rings. The number of anilines is 2. The second-order valence-electron chi connectivity index (χ2n) is 5.43. The number of para-hydroxylation sites is 1. The Labute approximate surface area is 131 Å². The number of fused-ring (bicyclic) bond motifs is 1. The lowest BCUT2D eigenvalue weighted by Gasteiger charge is -2.19. The van der Waals surface area contributed by atoms with Crippen molar-refractivity contribution in [2.24, 2.45) is 0 Å². The number of benzene rings is 2. The first-order chi connectivity index (χ1) is 10.9. The van der Waals surface area contributed by atoms with E-state index in [0.29, 0.717) is 0 Å². The number of hydrogen-bond acceptors (Lipinski definition) is 2. The zero-order valence-electron chi connectivity index (χ0n) is 12.2. The molecule has 1 N–H and O–H groups in total. The standard InChI is InChI=1S/C17H15F3N2O/c18-17(19,20)13-5-3-6-14(10-13)21-16(23)11-22-9-8-12-4-1-2-7-15(12)22/h1-7,10H,8-9,11H2,(H,21,23). The quantitative estimate of drug-likeness (QED) is 0.935. The van der Waals surface area contributed by atoms with Crippen molar-refractivity contribution in [3.63, 3.8) is 0 Å². The maximum absolute atomic E-state index is 12.7. The van der Waals surface area contributed by atoms with E-state index in [4.69, 9.17) is 0 Å². The molecule has 1 aliphatic rings. The molecule has 0 unspecified atom stereocenters. The summed E-state index contributed by atoms with van der Waals surface area (Å²) in [7, 11) is 0. The van der Waals surface area contributed by atoms with Gasteiger partial charge in [-0.3, -0.25) is 4.79 Å². The third kappa shape index (κ3) is 3.47. The predicted octanol–water partition coefficient (Wildman–Crippen LogP) is 3.71. The number of nitrogens with zero attached hydrogens (tertiary/aromatic N) is 1. The summed E-state index contributed by atoms with van der Waals surface area (Å²) in [5.74, 6) is -0.332. The average Bonchev–Trinajstić information content (AvgIpc) is 2.90. The Balaban J connectivity index is 1.67. The van der Waals surface area contributed by atoms with Gasteiger partial charge in [-0.15, -0.1) is 0 Å². The average molecular weight is 320 g/mol. The van der Waals surface area contributed by atoms with Crippen LogP contribution in [0.4, 0.5) is 24.5 Å². The Bertz CT molecular complexity index is 728. The van der Waals surface area contributed by atoms with Crippen molar-refractivity contribution in [3.05, 3.63) is 59.7 Å². The van der Waals surface area contributed by atoms with E-state index in [1.54, 1.807) is 0 Å². The van der Waals surface area contributed by atoms with Gasteiger partial charge < -0.3 is 10.2 Å². The van der Waals surface area contributed by atoms with Crippen molar-refractivity contribution < 1.29 is 18.0 Å². The number of halogens is 3. The van der Waals surface area contributed by atoms with Crippen LogP contribution in [0.1, 0.15) is 11.1 Å². The summed E-state index contributed by atoms with van der Waals surface area (Å²) in [6, 6.07) is 12.5. The summed E-state index contributed by atoms with van der Waals surface area (Å²) in [4.78, 5) is 14.0. The topological polar surface area (TPSA) is 32.3 Å². The van der Waals surface area contributed by atoms with E-state index in [2.05, 4.69) is 5.32 Å². The van der Waals surface area contributed by atoms with Crippen LogP contribution in [-0.4, -0.2) is 19.0 Å². The lowest BCUT2D eigenvalue weighted by molar-refractivity contribution is -0.137. The fourth-order valence-corrected chi connectivity index (χ4v) is 2.72. The summed E-state index contributed by atoms with van der Waals surface area (Å²) in [5, 5.41) is 2.53. The molecule has 1 heterocycles. The molecule has 1 amide bonds. The maximum Gasteiger partial charge on any atom is 0.416 e. The normalized spacial score (nSPS) is 13.8. The molecule has 0 bridgehead atoms. The molecule has 120 valence electrons. The highest BCUT2D eigenvalue weighted by Crippen LogP contribution is 2.31. The first-order valence-electron chi connectivity index (χ1n) is 7.23. The third-order valence-electron chi connectivity index (χ3n) is 3.79. The SMILES string of the molecule is O=C(CN1CCc2ccccc21)Nc1cccc(C(F)(F)F)c1. The van der Waals surface area contributed by atoms with E-state index in [1.165, 1.54) is 17.7 Å². The third-order valence-corrected chi connectivity index (χ3v) is 3.79. The summed E-state index contributed by atoms with van der Waals surface area (Å²) in [6.07, 6.45) is -3.55. The molecule has 0 spiro atoms. The van der Waals surface area contributed by atoms with Gasteiger partial charge in [0.2, 0.25) is 5.91 Å². The van der Waals surface area contributed by atoms with Gasteiger partial charge in [0, 0.05) is 17.9 Å². The number of alkyl halides is 3. The second-order valence-corrected chi connectivity index (χ2v) is 5.43. The summed E-state index contributed by atoms with van der Waals surface area (Å²) in [5.41, 5.74) is 1.56. The van der Waals surface area contributed by atoms with E-state index >= 15 is 0 Å². The first-order valence-corrected chi connectivity index (χ1v) is 7.23. The van der Waals surface area contributed by atoms with Crippen molar-refractivity contribution >= 4 is 17.3 Å². The number of carbonyl (C=O) groups is 1. The van der Waals surface area contributed by atoms with Gasteiger partial charge in [-0.1, -0.05) is 24.3 Å². The minimum Gasteiger partial charge on any atom is -0.362 e. The van der Waals surface area contributed by atoms with E-state index in [1.807, 2.05) is 29.2 Å². The van der Waals surface area contributed by atoms with Crippen LogP contribution in [0.15, 0.2) is 48.5 Å². The molecule has 3 nitrogen and oxygen atoms in total. The Morgan fingerprint density at radius 2 is 1.91 bits per heavy atom. The highest BCUT2D eigenvalue weighted by atomic mass is 19.4. The van der Waals surface area contributed by atoms with Crippen molar-refractivity contribution in [1.82, 2.24) is 0 Å². The van der Waals surface area contributed by atoms with Gasteiger partial charge in [0.1, 0.15) is 0 Å². The predicted molar refractivity (Wildman–Crippen MR) is 82.4 cm³/mol. The van der Waals surface area contributed by atoms with Gasteiger partial charge in [-0.2, -0.15) is 13.2 Å². The Morgan fingerprint density at radius 1 is 1.13 bits per heavy atom. The van der Waals surface area contributed by atoms with Crippen molar-refractivity contribution in [1.29, 1.82) is 0 Å². The van der Waals surface area contributed by atoms with Crippen LogP contribution in [0.2, 0.25) is 0 Å². The van der Waals surface area contributed by atoms with E-state index in [-0.39, 0.29) is 18.1 Å². The Hall–Kier alpha value is -2.50. The number of rotatable bonds is 3. The second kappa shape index (κ2) is 5.95. The van der Waals surface area contributed by atoms with Crippen molar-refractivity contribution in [3.8, 4) is 0 Å². The number of nitrogens with one attached hydrogen (secondary N) is 1. The molecular weight excluding hydrogens is 305 g/mol. The minimum absolute atomic E-state index is 0.118. The van der Waals surface area contributed by atoms with E-state index in [0.717, 1.165) is 30.8 Å². The summed E-state index contributed by atoms with van der Waals surface area (Å²) >= 11 is 0. The minimum atomic E-state index is -4.42. The molecule has 0 atom stereocenters. The Morgan fingerprint density at radius 3 is 2.70 bits per heavy atom. The fourth-order valence-electron chi connectivity index (χ4n) is 2.72. The zero-order valence-corrected chi connectivity index (χ0v) is 12.2. The zero-order chi connectivity index (χ0) is 16.4. The maximum atomic E-state index is 12.7. The van der Waals surface area contributed by atoms with Gasteiger partial charge in [0.05, 0.1) is 12.1 Å². The highest BCUT2D eigenvalue weighted by Gasteiger charge is 2.30. The van der Waals surface area contributed by atoms with Crippen LogP contribution >= 0.6 is 0 Å². The highest BCUT2D eigenvalue weighted by molar-refractivity contribution is 5.94. The van der Waals surface area contributed by atoms with Crippen molar-refractivity contribution in [2.75, 3.05) is 23.3 Å². The summed E-state index contributed by atoms with van der Waals surface area (Å²) in [6.45, 7) is 0.850. The van der Waals surface area contributed by atoms with Crippen molar-refractivity contribution in [2.45, 2.75) is 12.6 Å². The van der Waals surface area contributed by atoms with Gasteiger partial charge in [-0.25, -0.2) is 0 Å². The van der Waals surface area contributed by atoms with Crippen LogP contribution in [0.3, 0.4) is 0 Å². The van der Waals surface area contributed by atoms with Gasteiger partial charge in [-0.05, 0) is 36.2 Å². The first kappa shape index (κ1) is 15.4. The molecule has 2 aromatic rings.